The highest BCUT2D eigenvalue weighted by atomic mass is 16.2. The minimum absolute atomic E-state index is 0.0115. The molecule has 1 amide bonds. The summed E-state index contributed by atoms with van der Waals surface area (Å²) in [5.41, 5.74) is 3.16. The maximum absolute atomic E-state index is 12.5. The molecule has 0 bridgehead atoms. The van der Waals surface area contributed by atoms with E-state index in [0.29, 0.717) is 24.4 Å². The molecule has 26 heavy (non-hydrogen) atoms. The third-order valence-corrected chi connectivity index (χ3v) is 5.54. The van der Waals surface area contributed by atoms with Crippen LogP contribution in [0.3, 0.4) is 0 Å². The van der Waals surface area contributed by atoms with Crippen LogP contribution in [0.25, 0.3) is 11.1 Å². The van der Waals surface area contributed by atoms with Gasteiger partial charge in [0.15, 0.2) is 0 Å². The molecule has 1 aromatic heterocycles. The largest absolute Gasteiger partial charge is 0.310 e. The van der Waals surface area contributed by atoms with Gasteiger partial charge < -0.3 is 5.32 Å². The maximum Gasteiger partial charge on any atom is 0.239 e. The normalized spacial score (nSPS) is 22.8. The Morgan fingerprint density at radius 2 is 2.00 bits per heavy atom. The standard InChI is InChI=1S/C21H26N4O/c1-15-17(16-7-3-2-4-8-16)11-12-20(23-15)24-21(26)13-25-14-22-18-9-5-6-10-19(18)25/h2-4,7-8,11-12,18-19,22H,5-6,9-10,13-14H2,1H3,(H,23,24,26). The second kappa shape index (κ2) is 7.56. The van der Waals surface area contributed by atoms with Crippen LogP contribution in [0.5, 0.6) is 0 Å². The molecular formula is C21H26N4O. The van der Waals surface area contributed by atoms with Crippen LogP contribution >= 0.6 is 0 Å². The van der Waals surface area contributed by atoms with Crippen LogP contribution in [0.15, 0.2) is 42.5 Å². The van der Waals surface area contributed by atoms with Crippen LogP contribution < -0.4 is 10.6 Å². The summed E-state index contributed by atoms with van der Waals surface area (Å²) in [5, 5.41) is 6.51. The monoisotopic (exact) mass is 350 g/mol. The molecule has 5 nitrogen and oxygen atoms in total. The fraction of sp³-hybridized carbons (Fsp3) is 0.429. The van der Waals surface area contributed by atoms with E-state index in [9.17, 15) is 4.79 Å². The van der Waals surface area contributed by atoms with Crippen molar-refractivity contribution in [3.05, 3.63) is 48.2 Å². The van der Waals surface area contributed by atoms with E-state index in [1.165, 1.54) is 25.7 Å². The van der Waals surface area contributed by atoms with Crippen LogP contribution in [-0.2, 0) is 4.79 Å². The lowest BCUT2D eigenvalue weighted by Gasteiger charge is -2.30. The number of pyridine rings is 1. The molecule has 2 unspecified atom stereocenters. The molecule has 1 aliphatic heterocycles. The van der Waals surface area contributed by atoms with Crippen molar-refractivity contribution in [2.24, 2.45) is 0 Å². The van der Waals surface area contributed by atoms with Crippen molar-refractivity contribution in [1.29, 1.82) is 0 Å². The number of aryl methyl sites for hydroxylation is 1. The molecule has 1 aliphatic carbocycles. The SMILES string of the molecule is Cc1nc(NC(=O)CN2CNC3CCCCC32)ccc1-c1ccccc1. The Morgan fingerprint density at radius 1 is 1.19 bits per heavy atom. The summed E-state index contributed by atoms with van der Waals surface area (Å²) < 4.78 is 0. The lowest BCUT2D eigenvalue weighted by molar-refractivity contribution is -0.117. The van der Waals surface area contributed by atoms with E-state index in [-0.39, 0.29) is 5.91 Å². The van der Waals surface area contributed by atoms with Gasteiger partial charge in [-0.05, 0) is 37.5 Å². The van der Waals surface area contributed by atoms with Gasteiger partial charge in [0, 0.05) is 30.0 Å². The van der Waals surface area contributed by atoms with Crippen LogP contribution in [0.2, 0.25) is 0 Å². The average molecular weight is 350 g/mol. The first-order valence-electron chi connectivity index (χ1n) is 9.51. The molecule has 1 aromatic carbocycles. The number of carbonyl (C=O) groups excluding carboxylic acids is 1. The van der Waals surface area contributed by atoms with E-state index in [4.69, 9.17) is 0 Å². The molecule has 1 saturated carbocycles. The van der Waals surface area contributed by atoms with E-state index >= 15 is 0 Å². The number of benzene rings is 1. The summed E-state index contributed by atoms with van der Waals surface area (Å²) >= 11 is 0. The van der Waals surface area contributed by atoms with Gasteiger partial charge in [-0.25, -0.2) is 4.98 Å². The number of nitrogens with zero attached hydrogens (tertiary/aromatic N) is 2. The van der Waals surface area contributed by atoms with Crippen molar-refractivity contribution < 1.29 is 4.79 Å². The smallest absolute Gasteiger partial charge is 0.239 e. The van der Waals surface area contributed by atoms with Gasteiger partial charge in [0.1, 0.15) is 5.82 Å². The Kier molecular flexibility index (Phi) is 5.00. The van der Waals surface area contributed by atoms with Gasteiger partial charge in [-0.15, -0.1) is 0 Å². The van der Waals surface area contributed by atoms with Crippen molar-refractivity contribution in [2.45, 2.75) is 44.7 Å². The first-order chi connectivity index (χ1) is 12.7. The van der Waals surface area contributed by atoms with Crippen LogP contribution in [-0.4, -0.2) is 41.1 Å². The van der Waals surface area contributed by atoms with E-state index in [1.54, 1.807) is 0 Å². The summed E-state index contributed by atoms with van der Waals surface area (Å²) in [6.45, 7) is 3.21. The summed E-state index contributed by atoms with van der Waals surface area (Å²) in [6.07, 6.45) is 4.98. The van der Waals surface area contributed by atoms with Gasteiger partial charge in [-0.2, -0.15) is 0 Å². The van der Waals surface area contributed by atoms with E-state index < -0.39 is 0 Å². The number of hydrogen-bond donors (Lipinski definition) is 2. The van der Waals surface area contributed by atoms with Crippen molar-refractivity contribution in [3.8, 4) is 11.1 Å². The summed E-state index contributed by atoms with van der Waals surface area (Å²) in [4.78, 5) is 19.3. The minimum atomic E-state index is 0.0115. The Morgan fingerprint density at radius 3 is 2.81 bits per heavy atom. The van der Waals surface area contributed by atoms with E-state index in [0.717, 1.165) is 23.5 Å². The Bertz CT molecular complexity index is 777. The first-order valence-corrected chi connectivity index (χ1v) is 9.51. The highest BCUT2D eigenvalue weighted by Gasteiger charge is 2.35. The average Bonchev–Trinajstić information content (AvgIpc) is 3.05. The number of rotatable bonds is 4. The van der Waals surface area contributed by atoms with Gasteiger partial charge in [-0.1, -0.05) is 43.2 Å². The van der Waals surface area contributed by atoms with E-state index in [2.05, 4.69) is 32.7 Å². The third-order valence-electron chi connectivity index (χ3n) is 5.54. The molecular weight excluding hydrogens is 324 g/mol. The van der Waals surface area contributed by atoms with Gasteiger partial charge in [0.25, 0.3) is 0 Å². The highest BCUT2D eigenvalue weighted by Crippen LogP contribution is 2.27. The molecule has 2 heterocycles. The van der Waals surface area contributed by atoms with Crippen molar-refractivity contribution in [2.75, 3.05) is 18.5 Å². The molecule has 0 radical (unpaired) electrons. The van der Waals surface area contributed by atoms with Gasteiger partial charge >= 0.3 is 0 Å². The number of amides is 1. The zero-order valence-electron chi connectivity index (χ0n) is 15.2. The molecule has 2 atom stereocenters. The molecule has 1 saturated heterocycles. The number of anilines is 1. The molecule has 2 aromatic rings. The molecule has 2 N–H and O–H groups in total. The zero-order chi connectivity index (χ0) is 17.9. The number of nitrogens with one attached hydrogen (secondary N) is 2. The topological polar surface area (TPSA) is 57.3 Å². The molecule has 2 fully saturated rings. The summed E-state index contributed by atoms with van der Waals surface area (Å²) in [6, 6.07) is 15.2. The lowest BCUT2D eigenvalue weighted by Crippen LogP contribution is -2.42. The molecule has 0 spiro atoms. The van der Waals surface area contributed by atoms with Crippen molar-refractivity contribution in [1.82, 2.24) is 15.2 Å². The highest BCUT2D eigenvalue weighted by molar-refractivity contribution is 5.91. The van der Waals surface area contributed by atoms with Crippen molar-refractivity contribution >= 4 is 11.7 Å². The number of fused-ring (bicyclic) bond motifs is 1. The van der Waals surface area contributed by atoms with Crippen molar-refractivity contribution in [3.63, 3.8) is 0 Å². The first kappa shape index (κ1) is 17.2. The van der Waals surface area contributed by atoms with Crippen LogP contribution in [0.1, 0.15) is 31.4 Å². The van der Waals surface area contributed by atoms with Gasteiger partial charge in [-0.3, -0.25) is 15.0 Å². The minimum Gasteiger partial charge on any atom is -0.310 e. The Labute approximate surface area is 154 Å². The quantitative estimate of drug-likeness (QED) is 0.889. The number of hydrogen-bond acceptors (Lipinski definition) is 4. The second-order valence-electron chi connectivity index (χ2n) is 7.31. The van der Waals surface area contributed by atoms with Crippen LogP contribution in [0.4, 0.5) is 5.82 Å². The number of aromatic nitrogens is 1. The third kappa shape index (κ3) is 3.64. The molecule has 136 valence electrons. The summed E-state index contributed by atoms with van der Waals surface area (Å²) in [5.74, 6) is 0.636. The Balaban J connectivity index is 1.39. The predicted octanol–water partition coefficient (Wildman–Crippen LogP) is 3.17. The number of carbonyl (C=O) groups is 1. The molecule has 4 rings (SSSR count). The van der Waals surface area contributed by atoms with Gasteiger partial charge in [0.2, 0.25) is 5.91 Å². The fourth-order valence-electron chi connectivity index (χ4n) is 4.23. The molecule has 5 heteroatoms. The summed E-state index contributed by atoms with van der Waals surface area (Å²) in [7, 11) is 0. The predicted molar refractivity (Wildman–Crippen MR) is 104 cm³/mol. The second-order valence-corrected chi connectivity index (χ2v) is 7.31. The van der Waals surface area contributed by atoms with Gasteiger partial charge in [0.05, 0.1) is 6.54 Å². The maximum atomic E-state index is 12.5. The lowest BCUT2D eigenvalue weighted by atomic mass is 9.91. The van der Waals surface area contributed by atoms with Crippen LogP contribution in [0, 0.1) is 6.92 Å². The zero-order valence-corrected chi connectivity index (χ0v) is 15.2. The Hall–Kier alpha value is -2.24. The fourth-order valence-corrected chi connectivity index (χ4v) is 4.23. The molecule has 2 aliphatic rings. The van der Waals surface area contributed by atoms with E-state index in [1.807, 2.05) is 37.3 Å².